The van der Waals surface area contributed by atoms with Gasteiger partial charge in [-0.3, -0.25) is 0 Å². The molecule has 20 heavy (non-hydrogen) atoms. The molecule has 1 fully saturated rings. The summed E-state index contributed by atoms with van der Waals surface area (Å²) in [7, 11) is 0. The average molecular weight is 266 g/mol. The average Bonchev–Trinajstić information content (AvgIpc) is 2.97. The summed E-state index contributed by atoms with van der Waals surface area (Å²) in [4.78, 5) is 0. The van der Waals surface area contributed by atoms with Crippen LogP contribution in [0.15, 0.2) is 60.7 Å². The molecule has 0 amide bonds. The highest BCUT2D eigenvalue weighted by molar-refractivity contribution is 5.21. The molecule has 1 heteroatoms. The number of rotatable bonds is 4. The summed E-state index contributed by atoms with van der Waals surface area (Å²) in [5, 5.41) is 10.3. The second kappa shape index (κ2) is 6.23. The molecule has 0 aliphatic heterocycles. The third-order valence-corrected chi connectivity index (χ3v) is 4.55. The zero-order valence-electron chi connectivity index (χ0n) is 11.8. The van der Waals surface area contributed by atoms with Gasteiger partial charge in [-0.2, -0.15) is 0 Å². The lowest BCUT2D eigenvalue weighted by Crippen LogP contribution is -2.04. The van der Waals surface area contributed by atoms with Gasteiger partial charge in [0.1, 0.15) is 0 Å². The lowest BCUT2D eigenvalue weighted by Gasteiger charge is -2.16. The molecule has 2 aromatic carbocycles. The van der Waals surface area contributed by atoms with Crippen molar-refractivity contribution in [2.75, 3.05) is 0 Å². The monoisotopic (exact) mass is 266 g/mol. The van der Waals surface area contributed by atoms with Gasteiger partial charge in [-0.1, -0.05) is 60.7 Å². The molecular formula is C19H22O. The molecule has 3 rings (SSSR count). The van der Waals surface area contributed by atoms with E-state index in [9.17, 15) is 5.11 Å². The van der Waals surface area contributed by atoms with Crippen LogP contribution in [0.3, 0.4) is 0 Å². The number of hydrogen-bond donors (Lipinski definition) is 1. The zero-order chi connectivity index (χ0) is 13.8. The van der Waals surface area contributed by atoms with E-state index in [0.29, 0.717) is 11.8 Å². The molecule has 0 bridgehead atoms. The molecule has 1 saturated carbocycles. The minimum Gasteiger partial charge on any atom is -0.388 e. The second-order valence-corrected chi connectivity index (χ2v) is 5.95. The van der Waals surface area contributed by atoms with Gasteiger partial charge in [0.2, 0.25) is 0 Å². The molecule has 104 valence electrons. The molecule has 0 heterocycles. The van der Waals surface area contributed by atoms with Crippen molar-refractivity contribution in [3.8, 4) is 0 Å². The SMILES string of the molecule is OC(CC1CCC(c2ccccc2)C1)c1ccccc1. The standard InChI is InChI=1S/C19H22O/c20-19(17-9-5-2-6-10-17)14-15-11-12-18(13-15)16-7-3-1-4-8-16/h1-10,15,18-20H,11-14H2. The van der Waals surface area contributed by atoms with Crippen LogP contribution in [0.5, 0.6) is 0 Å². The van der Waals surface area contributed by atoms with Crippen molar-refractivity contribution < 1.29 is 5.11 Å². The third kappa shape index (κ3) is 3.10. The zero-order valence-corrected chi connectivity index (χ0v) is 11.8. The Bertz CT molecular complexity index is 520. The van der Waals surface area contributed by atoms with Gasteiger partial charge in [0.15, 0.2) is 0 Å². The Kier molecular flexibility index (Phi) is 4.17. The van der Waals surface area contributed by atoms with Gasteiger partial charge >= 0.3 is 0 Å². The second-order valence-electron chi connectivity index (χ2n) is 5.95. The largest absolute Gasteiger partial charge is 0.388 e. The maximum atomic E-state index is 10.3. The van der Waals surface area contributed by atoms with Gasteiger partial charge in [0.05, 0.1) is 6.10 Å². The topological polar surface area (TPSA) is 20.2 Å². The lowest BCUT2D eigenvalue weighted by molar-refractivity contribution is 0.144. The third-order valence-electron chi connectivity index (χ3n) is 4.55. The van der Waals surface area contributed by atoms with Crippen LogP contribution in [0.1, 0.15) is 48.8 Å². The molecular weight excluding hydrogens is 244 g/mol. The first kappa shape index (κ1) is 13.4. The molecule has 1 aliphatic carbocycles. The highest BCUT2D eigenvalue weighted by Crippen LogP contribution is 2.41. The van der Waals surface area contributed by atoms with Gasteiger partial charge in [-0.25, -0.2) is 0 Å². The maximum absolute atomic E-state index is 10.3. The van der Waals surface area contributed by atoms with Crippen molar-refractivity contribution in [3.05, 3.63) is 71.8 Å². The van der Waals surface area contributed by atoms with Gasteiger partial charge in [-0.15, -0.1) is 0 Å². The summed E-state index contributed by atoms with van der Waals surface area (Å²) < 4.78 is 0. The molecule has 1 N–H and O–H groups in total. The Balaban J connectivity index is 1.58. The van der Waals surface area contributed by atoms with E-state index in [2.05, 4.69) is 30.3 Å². The van der Waals surface area contributed by atoms with E-state index in [1.54, 1.807) is 0 Å². The van der Waals surface area contributed by atoms with Crippen LogP contribution in [-0.4, -0.2) is 5.11 Å². The molecule has 3 unspecified atom stereocenters. The van der Waals surface area contributed by atoms with Crippen molar-refractivity contribution in [3.63, 3.8) is 0 Å². The predicted molar refractivity (Wildman–Crippen MR) is 82.5 cm³/mol. The van der Waals surface area contributed by atoms with Crippen LogP contribution in [-0.2, 0) is 0 Å². The van der Waals surface area contributed by atoms with Crippen LogP contribution >= 0.6 is 0 Å². The number of benzene rings is 2. The first-order chi connectivity index (χ1) is 9.83. The number of hydrogen-bond acceptors (Lipinski definition) is 1. The fourth-order valence-electron chi connectivity index (χ4n) is 3.44. The predicted octanol–water partition coefficient (Wildman–Crippen LogP) is 4.69. The van der Waals surface area contributed by atoms with Crippen molar-refractivity contribution in [1.82, 2.24) is 0 Å². The summed E-state index contributed by atoms with van der Waals surface area (Å²) in [5.74, 6) is 1.33. The van der Waals surface area contributed by atoms with Crippen LogP contribution in [0.4, 0.5) is 0 Å². The van der Waals surface area contributed by atoms with E-state index in [-0.39, 0.29) is 6.10 Å². The van der Waals surface area contributed by atoms with Crippen LogP contribution < -0.4 is 0 Å². The smallest absolute Gasteiger partial charge is 0.0792 e. The van der Waals surface area contributed by atoms with Crippen LogP contribution in [0.25, 0.3) is 0 Å². The molecule has 0 spiro atoms. The summed E-state index contributed by atoms with van der Waals surface area (Å²) >= 11 is 0. The Morgan fingerprint density at radius 3 is 2.25 bits per heavy atom. The molecule has 0 radical (unpaired) electrons. The minimum atomic E-state index is -0.310. The van der Waals surface area contributed by atoms with Crippen molar-refractivity contribution in [1.29, 1.82) is 0 Å². The van der Waals surface area contributed by atoms with E-state index in [1.165, 1.54) is 24.8 Å². The molecule has 2 aromatic rings. The van der Waals surface area contributed by atoms with E-state index in [1.807, 2.05) is 30.3 Å². The molecule has 1 nitrogen and oxygen atoms in total. The van der Waals surface area contributed by atoms with E-state index in [4.69, 9.17) is 0 Å². The van der Waals surface area contributed by atoms with Gasteiger partial charge < -0.3 is 5.11 Å². The van der Waals surface area contributed by atoms with Gasteiger partial charge in [0, 0.05) is 0 Å². The number of aliphatic hydroxyl groups is 1. The summed E-state index contributed by atoms with van der Waals surface area (Å²) in [6.07, 6.45) is 4.30. The molecule has 3 atom stereocenters. The Morgan fingerprint density at radius 1 is 0.900 bits per heavy atom. The van der Waals surface area contributed by atoms with Crippen molar-refractivity contribution in [2.45, 2.75) is 37.7 Å². The Morgan fingerprint density at radius 2 is 1.55 bits per heavy atom. The summed E-state index contributed by atoms with van der Waals surface area (Å²) in [6, 6.07) is 20.8. The first-order valence-corrected chi connectivity index (χ1v) is 7.61. The van der Waals surface area contributed by atoms with Gasteiger partial charge in [-0.05, 0) is 48.6 Å². The summed E-state index contributed by atoms with van der Waals surface area (Å²) in [6.45, 7) is 0. The Hall–Kier alpha value is -1.60. The van der Waals surface area contributed by atoms with Gasteiger partial charge in [0.25, 0.3) is 0 Å². The quantitative estimate of drug-likeness (QED) is 0.851. The summed E-state index contributed by atoms with van der Waals surface area (Å²) in [5.41, 5.74) is 2.51. The Labute approximate surface area is 121 Å². The molecule has 0 aromatic heterocycles. The fraction of sp³-hybridized carbons (Fsp3) is 0.368. The minimum absolute atomic E-state index is 0.310. The van der Waals surface area contributed by atoms with Crippen molar-refractivity contribution >= 4 is 0 Å². The van der Waals surface area contributed by atoms with E-state index >= 15 is 0 Å². The molecule has 0 saturated heterocycles. The fourth-order valence-corrected chi connectivity index (χ4v) is 3.44. The van der Waals surface area contributed by atoms with Crippen LogP contribution in [0.2, 0.25) is 0 Å². The number of aliphatic hydroxyl groups excluding tert-OH is 1. The maximum Gasteiger partial charge on any atom is 0.0792 e. The highest BCUT2D eigenvalue weighted by Gasteiger charge is 2.27. The lowest BCUT2D eigenvalue weighted by atomic mass is 9.92. The highest BCUT2D eigenvalue weighted by atomic mass is 16.3. The van der Waals surface area contributed by atoms with E-state index in [0.717, 1.165) is 12.0 Å². The van der Waals surface area contributed by atoms with Crippen LogP contribution in [0, 0.1) is 5.92 Å². The van der Waals surface area contributed by atoms with Crippen molar-refractivity contribution in [2.24, 2.45) is 5.92 Å². The van der Waals surface area contributed by atoms with E-state index < -0.39 is 0 Å². The molecule has 1 aliphatic rings. The first-order valence-electron chi connectivity index (χ1n) is 7.61. The normalized spacial score (nSPS) is 23.6.